The van der Waals surface area contributed by atoms with Gasteiger partial charge in [0.25, 0.3) is 0 Å². The van der Waals surface area contributed by atoms with Crippen molar-refractivity contribution < 1.29 is 43.5 Å². The van der Waals surface area contributed by atoms with E-state index in [-0.39, 0.29) is 31.5 Å². The first-order valence-corrected chi connectivity index (χ1v) is 7.87. The monoisotopic (exact) mass is 360 g/mol. The average Bonchev–Trinajstić information content (AvgIpc) is 3.03. The van der Waals surface area contributed by atoms with Crippen molar-refractivity contribution in [2.24, 2.45) is 5.92 Å². The summed E-state index contributed by atoms with van der Waals surface area (Å²) in [4.78, 5) is 33.5. The molecule has 0 aromatic carbocycles. The summed E-state index contributed by atoms with van der Waals surface area (Å²) in [7, 11) is 0. The summed E-state index contributed by atoms with van der Waals surface area (Å²) in [5.41, 5.74) is 0. The average molecular weight is 360 g/mol. The number of Topliss-reactive ketones (excluding diaryl/α,β-unsaturated/α-hetero) is 1. The smallest absolute Gasteiger partial charge is 0.462 e. The van der Waals surface area contributed by atoms with Crippen LogP contribution in [0.15, 0.2) is 12.2 Å². The van der Waals surface area contributed by atoms with Crippen molar-refractivity contribution in [2.45, 2.75) is 38.6 Å². The summed E-state index contributed by atoms with van der Waals surface area (Å²) >= 11 is 0. The first-order valence-electron chi connectivity index (χ1n) is 7.87. The first-order chi connectivity index (χ1) is 11.8. The van der Waals surface area contributed by atoms with Gasteiger partial charge in [-0.3, -0.25) is 9.59 Å². The van der Waals surface area contributed by atoms with Crippen LogP contribution in [0.1, 0.15) is 20.3 Å². The molecule has 0 saturated heterocycles. The molecule has 25 heavy (non-hydrogen) atoms. The number of allylic oxidation sites excluding steroid dienone is 1. The van der Waals surface area contributed by atoms with E-state index in [0.29, 0.717) is 6.42 Å². The second kappa shape index (κ2) is 10.8. The maximum atomic E-state index is 11.5. The van der Waals surface area contributed by atoms with Gasteiger partial charge in [-0.25, -0.2) is 4.79 Å². The minimum absolute atomic E-state index is 0.00661. The van der Waals surface area contributed by atoms with Crippen LogP contribution in [0.2, 0.25) is 0 Å². The van der Waals surface area contributed by atoms with E-state index < -0.39 is 37.0 Å². The predicted molar refractivity (Wildman–Crippen MR) is 83.6 cm³/mol. The van der Waals surface area contributed by atoms with Crippen molar-refractivity contribution in [2.75, 3.05) is 26.4 Å². The molecule has 1 rings (SSSR count). The van der Waals surface area contributed by atoms with Crippen LogP contribution < -0.4 is 0 Å². The maximum Gasteiger partial charge on any atom is 0.508 e. The minimum atomic E-state index is -1.12. The fourth-order valence-electron chi connectivity index (χ4n) is 2.14. The highest BCUT2D eigenvalue weighted by atomic mass is 16.7. The van der Waals surface area contributed by atoms with E-state index >= 15 is 0 Å². The molecule has 0 radical (unpaired) electrons. The van der Waals surface area contributed by atoms with Crippen LogP contribution in [0.3, 0.4) is 0 Å². The summed E-state index contributed by atoms with van der Waals surface area (Å²) in [5, 5.41) is 18.8. The Kier molecular flexibility index (Phi) is 9.11. The zero-order chi connectivity index (χ0) is 18.8. The second-order valence-corrected chi connectivity index (χ2v) is 5.62. The lowest BCUT2D eigenvalue weighted by Gasteiger charge is -2.20. The van der Waals surface area contributed by atoms with Gasteiger partial charge >= 0.3 is 12.1 Å². The van der Waals surface area contributed by atoms with Crippen molar-refractivity contribution in [3.05, 3.63) is 12.2 Å². The summed E-state index contributed by atoms with van der Waals surface area (Å²) in [6, 6.07) is 0. The molecule has 0 spiro atoms. The molecule has 1 aliphatic carbocycles. The lowest BCUT2D eigenvalue weighted by atomic mass is 10.0. The first kappa shape index (κ1) is 21.1. The number of ketones is 1. The molecule has 0 heterocycles. The highest BCUT2D eigenvalue weighted by Gasteiger charge is 2.28. The third-order valence-corrected chi connectivity index (χ3v) is 3.45. The summed E-state index contributed by atoms with van der Waals surface area (Å²) in [6.07, 6.45) is 0.530. The fourth-order valence-corrected chi connectivity index (χ4v) is 2.14. The molecule has 0 saturated carbocycles. The topological polar surface area (TPSA) is 129 Å². The third kappa shape index (κ3) is 8.10. The molecule has 0 aromatic heterocycles. The van der Waals surface area contributed by atoms with Crippen molar-refractivity contribution in [1.29, 1.82) is 0 Å². The van der Waals surface area contributed by atoms with Crippen LogP contribution in [0.4, 0.5) is 4.79 Å². The van der Waals surface area contributed by atoms with Gasteiger partial charge in [0.2, 0.25) is 0 Å². The fraction of sp³-hybridized carbons (Fsp3) is 0.688. The van der Waals surface area contributed by atoms with Crippen molar-refractivity contribution >= 4 is 17.9 Å². The van der Waals surface area contributed by atoms with Crippen LogP contribution >= 0.6 is 0 Å². The maximum absolute atomic E-state index is 11.5. The number of carbonyl (C=O) groups is 3. The van der Waals surface area contributed by atoms with Gasteiger partial charge < -0.3 is 29.2 Å². The number of rotatable bonds is 10. The zero-order valence-electron chi connectivity index (χ0n) is 14.3. The summed E-state index contributed by atoms with van der Waals surface area (Å²) in [5.74, 6) is -0.829. The Morgan fingerprint density at radius 2 is 1.88 bits per heavy atom. The number of esters is 1. The predicted octanol–water partition coefficient (Wildman–Crippen LogP) is -0.0252. The second-order valence-electron chi connectivity index (χ2n) is 5.62. The van der Waals surface area contributed by atoms with Gasteiger partial charge in [-0.15, -0.1) is 0 Å². The highest BCUT2D eigenvalue weighted by molar-refractivity contribution is 5.79. The van der Waals surface area contributed by atoms with Crippen LogP contribution in [-0.2, 0) is 28.5 Å². The van der Waals surface area contributed by atoms with E-state index in [0.717, 1.165) is 0 Å². The van der Waals surface area contributed by atoms with Crippen molar-refractivity contribution in [3.63, 3.8) is 0 Å². The van der Waals surface area contributed by atoms with Crippen LogP contribution in [0.25, 0.3) is 0 Å². The van der Waals surface area contributed by atoms with Crippen molar-refractivity contribution in [3.8, 4) is 0 Å². The summed E-state index contributed by atoms with van der Waals surface area (Å²) < 4.78 is 19.5. The van der Waals surface area contributed by atoms with Crippen molar-refractivity contribution in [1.82, 2.24) is 0 Å². The third-order valence-electron chi connectivity index (χ3n) is 3.45. The van der Waals surface area contributed by atoms with Gasteiger partial charge in [0, 0.05) is 6.92 Å². The molecule has 9 nitrogen and oxygen atoms in total. The van der Waals surface area contributed by atoms with Gasteiger partial charge in [0.05, 0.1) is 25.2 Å². The van der Waals surface area contributed by atoms with E-state index in [4.69, 9.17) is 19.3 Å². The Morgan fingerprint density at radius 3 is 2.48 bits per heavy atom. The molecule has 0 aliphatic heterocycles. The number of hydrogen-bond donors (Lipinski definition) is 2. The number of ether oxygens (including phenoxy) is 4. The number of aliphatic hydroxyl groups is 2. The zero-order valence-corrected chi connectivity index (χ0v) is 14.3. The Balaban J connectivity index is 2.25. The molecule has 0 aromatic rings. The quantitative estimate of drug-likeness (QED) is 0.408. The standard InChI is InChI=1S/C16H24O9/c1-10(18)14-4-3-5-15(14)23-7-12(20)8-24-16(21)25-13(6-17)9-22-11(2)19/h3,5,12-15,17,20H,4,6-9H2,1-2H3. The van der Waals surface area contributed by atoms with Gasteiger partial charge in [-0.05, 0) is 13.3 Å². The Hall–Kier alpha value is -1.97. The molecule has 0 bridgehead atoms. The number of hydrogen-bond acceptors (Lipinski definition) is 9. The Morgan fingerprint density at radius 1 is 1.16 bits per heavy atom. The molecule has 1 aliphatic rings. The van der Waals surface area contributed by atoms with Crippen LogP contribution in [0.5, 0.6) is 0 Å². The van der Waals surface area contributed by atoms with E-state index in [2.05, 4.69) is 4.74 Å². The lowest BCUT2D eigenvalue weighted by molar-refractivity contribution is -0.145. The van der Waals surface area contributed by atoms with Gasteiger partial charge in [-0.2, -0.15) is 0 Å². The van der Waals surface area contributed by atoms with E-state index in [1.54, 1.807) is 6.08 Å². The van der Waals surface area contributed by atoms with E-state index in [1.807, 2.05) is 6.08 Å². The molecule has 0 amide bonds. The normalized spacial score (nSPS) is 21.4. The molecule has 9 heteroatoms. The van der Waals surface area contributed by atoms with Crippen LogP contribution in [0, 0.1) is 5.92 Å². The van der Waals surface area contributed by atoms with E-state index in [9.17, 15) is 19.5 Å². The molecule has 142 valence electrons. The van der Waals surface area contributed by atoms with Gasteiger partial charge in [0.15, 0.2) is 6.10 Å². The molecule has 4 unspecified atom stereocenters. The van der Waals surface area contributed by atoms with E-state index in [1.165, 1.54) is 13.8 Å². The number of aliphatic hydroxyl groups excluding tert-OH is 2. The minimum Gasteiger partial charge on any atom is -0.462 e. The lowest BCUT2D eigenvalue weighted by Crippen LogP contribution is -2.32. The van der Waals surface area contributed by atoms with Crippen LogP contribution in [-0.4, -0.2) is 72.9 Å². The highest BCUT2D eigenvalue weighted by Crippen LogP contribution is 2.22. The molecular formula is C16H24O9. The molecule has 0 fully saturated rings. The molecule has 4 atom stereocenters. The molecular weight excluding hydrogens is 336 g/mol. The van der Waals surface area contributed by atoms with Gasteiger partial charge in [-0.1, -0.05) is 12.2 Å². The SMILES string of the molecule is CC(=O)OCC(CO)OC(=O)OCC(O)COC1C=CCC1C(C)=O. The summed E-state index contributed by atoms with van der Waals surface area (Å²) in [6.45, 7) is 1.31. The number of carbonyl (C=O) groups excluding carboxylic acids is 3. The van der Waals surface area contributed by atoms with Gasteiger partial charge in [0.1, 0.15) is 25.1 Å². The largest absolute Gasteiger partial charge is 0.508 e. The Labute approximate surface area is 145 Å². The molecule has 2 N–H and O–H groups in total. The Bertz CT molecular complexity index is 488.